The summed E-state index contributed by atoms with van der Waals surface area (Å²) < 4.78 is 12.9. The molecule has 0 amide bonds. The van der Waals surface area contributed by atoms with Gasteiger partial charge in [0, 0.05) is 5.56 Å². The third-order valence-corrected chi connectivity index (χ3v) is 2.58. The maximum Gasteiger partial charge on any atom is 0.141 e. The molecule has 1 aromatic heterocycles. The number of benzene rings is 1. The maximum absolute atomic E-state index is 12.9. The van der Waals surface area contributed by atoms with Crippen LogP contribution in [0.5, 0.6) is 0 Å². The van der Waals surface area contributed by atoms with Crippen molar-refractivity contribution in [2.75, 3.05) is 0 Å². The molecule has 4 heteroatoms. The van der Waals surface area contributed by atoms with E-state index in [-0.39, 0.29) is 11.5 Å². The van der Waals surface area contributed by atoms with Crippen molar-refractivity contribution in [1.29, 1.82) is 10.5 Å². The van der Waals surface area contributed by atoms with Gasteiger partial charge in [0.15, 0.2) is 0 Å². The first-order chi connectivity index (χ1) is 8.65. The molecule has 0 aliphatic carbocycles. The van der Waals surface area contributed by atoms with Gasteiger partial charge in [0.2, 0.25) is 0 Å². The number of halogens is 1. The van der Waals surface area contributed by atoms with Crippen molar-refractivity contribution in [3.8, 4) is 23.3 Å². The number of aryl methyl sites for hydroxylation is 1. The summed E-state index contributed by atoms with van der Waals surface area (Å²) in [5.41, 5.74) is 2.43. The van der Waals surface area contributed by atoms with Gasteiger partial charge >= 0.3 is 0 Å². The number of aromatic nitrogens is 1. The minimum absolute atomic E-state index is 0.242. The summed E-state index contributed by atoms with van der Waals surface area (Å²) in [6.45, 7) is 1.67. The zero-order valence-corrected chi connectivity index (χ0v) is 9.61. The van der Waals surface area contributed by atoms with E-state index < -0.39 is 0 Å². The molecule has 0 saturated carbocycles. The Morgan fingerprint density at radius 1 is 1.11 bits per heavy atom. The van der Waals surface area contributed by atoms with E-state index in [1.807, 2.05) is 6.07 Å². The van der Waals surface area contributed by atoms with Gasteiger partial charge in [-0.05, 0) is 30.7 Å². The monoisotopic (exact) mass is 237 g/mol. The van der Waals surface area contributed by atoms with Crippen LogP contribution >= 0.6 is 0 Å². The van der Waals surface area contributed by atoms with Gasteiger partial charge in [-0.1, -0.05) is 12.1 Å². The lowest BCUT2D eigenvalue weighted by Crippen LogP contribution is -1.96. The van der Waals surface area contributed by atoms with Crippen LogP contribution in [-0.4, -0.2) is 4.98 Å². The van der Waals surface area contributed by atoms with Crippen LogP contribution in [0.25, 0.3) is 11.1 Å². The molecule has 0 unspecified atom stereocenters. The van der Waals surface area contributed by atoms with E-state index >= 15 is 0 Å². The van der Waals surface area contributed by atoms with E-state index in [2.05, 4.69) is 11.1 Å². The first-order valence-corrected chi connectivity index (χ1v) is 5.23. The molecule has 1 aromatic carbocycles. The van der Waals surface area contributed by atoms with Crippen molar-refractivity contribution in [2.24, 2.45) is 0 Å². The molecule has 0 bridgehead atoms. The fourth-order valence-electron chi connectivity index (χ4n) is 1.73. The Bertz CT molecular complexity index is 676. The van der Waals surface area contributed by atoms with Crippen LogP contribution < -0.4 is 0 Å². The first kappa shape index (κ1) is 11.8. The Labute approximate surface area is 104 Å². The molecule has 0 spiro atoms. The van der Waals surface area contributed by atoms with Crippen LogP contribution in [0.4, 0.5) is 4.39 Å². The van der Waals surface area contributed by atoms with Crippen LogP contribution in [0.3, 0.4) is 0 Å². The fourth-order valence-corrected chi connectivity index (χ4v) is 1.73. The van der Waals surface area contributed by atoms with E-state index in [9.17, 15) is 4.39 Å². The lowest BCUT2D eigenvalue weighted by molar-refractivity contribution is 0.628. The van der Waals surface area contributed by atoms with Crippen LogP contribution in [0.1, 0.15) is 17.0 Å². The van der Waals surface area contributed by atoms with Gasteiger partial charge in [-0.2, -0.15) is 10.5 Å². The Kier molecular flexibility index (Phi) is 3.03. The lowest BCUT2D eigenvalue weighted by atomic mass is 9.99. The van der Waals surface area contributed by atoms with Crippen molar-refractivity contribution >= 4 is 0 Å². The fraction of sp³-hybridized carbons (Fsp3) is 0.0714. The summed E-state index contributed by atoms with van der Waals surface area (Å²) in [5.74, 6) is -0.344. The molecule has 0 N–H and O–H groups in total. The average molecular weight is 237 g/mol. The summed E-state index contributed by atoms with van der Waals surface area (Å²) in [7, 11) is 0. The van der Waals surface area contributed by atoms with Crippen molar-refractivity contribution in [2.45, 2.75) is 6.92 Å². The Balaban J connectivity index is 2.70. The molecule has 2 rings (SSSR count). The summed E-state index contributed by atoms with van der Waals surface area (Å²) in [6.07, 6.45) is 0. The molecule has 0 aliphatic heterocycles. The summed E-state index contributed by atoms with van der Waals surface area (Å²) in [5, 5.41) is 18.0. The zero-order chi connectivity index (χ0) is 13.1. The smallest absolute Gasteiger partial charge is 0.141 e. The number of pyridine rings is 1. The Morgan fingerprint density at radius 3 is 2.33 bits per heavy atom. The molecule has 0 aliphatic rings. The topological polar surface area (TPSA) is 60.5 Å². The molecule has 0 saturated heterocycles. The molecule has 3 nitrogen and oxygen atoms in total. The summed E-state index contributed by atoms with van der Waals surface area (Å²) in [6, 6.07) is 11.3. The van der Waals surface area contributed by atoms with Gasteiger partial charge in [0.05, 0.1) is 11.3 Å². The van der Waals surface area contributed by atoms with Crippen LogP contribution in [0.15, 0.2) is 30.3 Å². The molecule has 86 valence electrons. The Morgan fingerprint density at radius 2 is 1.78 bits per heavy atom. The van der Waals surface area contributed by atoms with Gasteiger partial charge in [-0.25, -0.2) is 9.37 Å². The third-order valence-electron chi connectivity index (χ3n) is 2.58. The largest absolute Gasteiger partial charge is 0.241 e. The molecular formula is C14H8FN3. The molecule has 0 atom stereocenters. The van der Waals surface area contributed by atoms with Crippen LogP contribution in [0.2, 0.25) is 0 Å². The number of nitriles is 2. The second-order valence-electron chi connectivity index (χ2n) is 3.75. The molecule has 2 aromatic rings. The summed E-state index contributed by atoms with van der Waals surface area (Å²) in [4.78, 5) is 4.01. The lowest BCUT2D eigenvalue weighted by Gasteiger charge is -2.07. The van der Waals surface area contributed by atoms with E-state index in [0.29, 0.717) is 22.4 Å². The minimum atomic E-state index is -0.344. The molecule has 0 radical (unpaired) electrons. The van der Waals surface area contributed by atoms with E-state index in [1.165, 1.54) is 12.1 Å². The number of hydrogen-bond donors (Lipinski definition) is 0. The van der Waals surface area contributed by atoms with E-state index in [4.69, 9.17) is 10.5 Å². The molecular weight excluding hydrogens is 229 g/mol. The standard InChI is InChI=1S/C14H8FN3/c1-9-14(8-17)13(6-12(7-16)18-9)10-2-4-11(15)5-3-10/h2-6H,1H3. The van der Waals surface area contributed by atoms with Gasteiger partial charge in [-0.15, -0.1) is 0 Å². The number of nitrogens with zero attached hydrogens (tertiary/aromatic N) is 3. The third kappa shape index (κ3) is 2.05. The maximum atomic E-state index is 12.9. The van der Waals surface area contributed by atoms with Crippen LogP contribution in [-0.2, 0) is 0 Å². The van der Waals surface area contributed by atoms with Gasteiger partial charge in [-0.3, -0.25) is 0 Å². The normalized spacial score (nSPS) is 9.56. The SMILES string of the molecule is Cc1nc(C#N)cc(-c2ccc(F)cc2)c1C#N. The van der Waals surface area contributed by atoms with Crippen LogP contribution in [0, 0.1) is 35.4 Å². The number of hydrogen-bond acceptors (Lipinski definition) is 3. The van der Waals surface area contributed by atoms with E-state index in [1.54, 1.807) is 25.1 Å². The van der Waals surface area contributed by atoms with Gasteiger partial charge in [0.1, 0.15) is 23.6 Å². The molecule has 18 heavy (non-hydrogen) atoms. The molecule has 0 fully saturated rings. The quantitative estimate of drug-likeness (QED) is 0.766. The van der Waals surface area contributed by atoms with Crippen molar-refractivity contribution < 1.29 is 4.39 Å². The highest BCUT2D eigenvalue weighted by atomic mass is 19.1. The highest BCUT2D eigenvalue weighted by molar-refractivity contribution is 5.72. The van der Waals surface area contributed by atoms with Gasteiger partial charge < -0.3 is 0 Å². The summed E-state index contributed by atoms with van der Waals surface area (Å²) >= 11 is 0. The first-order valence-electron chi connectivity index (χ1n) is 5.23. The highest BCUT2D eigenvalue weighted by Crippen LogP contribution is 2.25. The average Bonchev–Trinajstić information content (AvgIpc) is 2.38. The zero-order valence-electron chi connectivity index (χ0n) is 9.61. The van der Waals surface area contributed by atoms with Crippen molar-refractivity contribution in [3.05, 3.63) is 53.1 Å². The second-order valence-corrected chi connectivity index (χ2v) is 3.75. The minimum Gasteiger partial charge on any atom is -0.241 e. The van der Waals surface area contributed by atoms with E-state index in [0.717, 1.165) is 0 Å². The number of rotatable bonds is 1. The molecule has 1 heterocycles. The Hall–Kier alpha value is -2.72. The predicted octanol–water partition coefficient (Wildman–Crippen LogP) is 2.94. The highest BCUT2D eigenvalue weighted by Gasteiger charge is 2.11. The second kappa shape index (κ2) is 4.65. The van der Waals surface area contributed by atoms with Crippen molar-refractivity contribution in [3.63, 3.8) is 0 Å². The van der Waals surface area contributed by atoms with Crippen molar-refractivity contribution in [1.82, 2.24) is 4.98 Å². The van der Waals surface area contributed by atoms with Gasteiger partial charge in [0.25, 0.3) is 0 Å². The predicted molar refractivity (Wildman–Crippen MR) is 63.8 cm³/mol.